The Kier molecular flexibility index (Phi) is 12.2. The van der Waals surface area contributed by atoms with E-state index in [1.807, 2.05) is 36.0 Å². The molecule has 0 aromatic heterocycles. The van der Waals surface area contributed by atoms with Crippen LogP contribution in [0, 0.1) is 0 Å². The lowest BCUT2D eigenvalue weighted by Crippen LogP contribution is -2.50. The Hall–Kier alpha value is -3.39. The second kappa shape index (κ2) is 16.7. The molecule has 6 rings (SSSR count). The van der Waals surface area contributed by atoms with Crippen molar-refractivity contribution in [2.24, 2.45) is 0 Å². The van der Waals surface area contributed by atoms with Gasteiger partial charge >= 0.3 is 0 Å². The summed E-state index contributed by atoms with van der Waals surface area (Å²) in [6, 6.07) is 33.8. The zero-order chi connectivity index (χ0) is 35.1. The van der Waals surface area contributed by atoms with E-state index < -0.39 is 8.32 Å². The Balaban J connectivity index is 1.23. The molecule has 4 aromatic rings. The molecule has 266 valence electrons. The summed E-state index contributed by atoms with van der Waals surface area (Å²) in [5.74, 6) is 3.60. The number of nitrogens with zero attached hydrogens (tertiary/aromatic N) is 1. The molecular weight excluding hydrogens is 655 g/mol. The maximum Gasteiger partial charge on any atom is 0.258 e. The molecule has 0 bridgehead atoms. The van der Waals surface area contributed by atoms with Gasteiger partial charge in [-0.3, -0.25) is 4.90 Å². The summed E-state index contributed by atoms with van der Waals surface area (Å²) in [4.78, 5) is 3.60. The topological polar surface area (TPSA) is 40.2 Å². The molecule has 0 spiro atoms. The summed E-state index contributed by atoms with van der Waals surface area (Å²) in [6.07, 6.45) is 3.77. The Morgan fingerprint density at radius 1 is 0.700 bits per heavy atom. The molecule has 0 aliphatic carbocycles. The zero-order valence-electron chi connectivity index (χ0n) is 30.8. The first kappa shape index (κ1) is 36.4. The molecule has 0 saturated carbocycles. The average molecular weight is 710 g/mol. The number of benzene rings is 4. The van der Waals surface area contributed by atoms with Gasteiger partial charge in [0.25, 0.3) is 8.32 Å². The van der Waals surface area contributed by atoms with Gasteiger partial charge in [0, 0.05) is 6.54 Å². The van der Waals surface area contributed by atoms with Gasteiger partial charge in [0.05, 0.1) is 10.1 Å². The average Bonchev–Trinajstić information content (AvgIpc) is 3.13. The molecular formula is C43H55NO4SSi. The second-order valence-electron chi connectivity index (χ2n) is 14.8. The van der Waals surface area contributed by atoms with Crippen molar-refractivity contribution in [3.05, 3.63) is 114 Å². The lowest BCUT2D eigenvalue weighted by atomic mass is 10.00. The van der Waals surface area contributed by atoms with Crippen molar-refractivity contribution in [3.63, 3.8) is 0 Å². The number of likely N-dealkylation sites (tertiary alicyclic amines) is 1. The van der Waals surface area contributed by atoms with E-state index in [1.54, 1.807) is 0 Å². The van der Waals surface area contributed by atoms with E-state index in [0.29, 0.717) is 29.8 Å². The van der Waals surface area contributed by atoms with Gasteiger partial charge in [0.15, 0.2) is 0 Å². The van der Waals surface area contributed by atoms with Gasteiger partial charge in [0.2, 0.25) is 0 Å². The third-order valence-corrected chi connectivity index (χ3v) is 17.8. The molecule has 4 aromatic carbocycles. The van der Waals surface area contributed by atoms with E-state index in [-0.39, 0.29) is 11.4 Å². The molecule has 0 amide bonds. The summed E-state index contributed by atoms with van der Waals surface area (Å²) < 4.78 is 26.3. The molecule has 0 radical (unpaired) electrons. The lowest BCUT2D eigenvalue weighted by molar-refractivity contribution is 0.182. The van der Waals surface area contributed by atoms with Crippen LogP contribution < -0.4 is 18.6 Å². The Morgan fingerprint density at radius 2 is 1.32 bits per heavy atom. The van der Waals surface area contributed by atoms with Crippen LogP contribution in [0.15, 0.2) is 102 Å². The molecule has 2 aliphatic rings. The van der Waals surface area contributed by atoms with Crippen LogP contribution >= 0.6 is 11.8 Å². The summed E-state index contributed by atoms with van der Waals surface area (Å²) in [5, 5.41) is 0.0362. The predicted octanol–water partition coefficient (Wildman–Crippen LogP) is 11.7. The summed E-state index contributed by atoms with van der Waals surface area (Å²) in [6.45, 7) is 18.6. The highest BCUT2D eigenvalue weighted by Gasteiger charge is 2.47. The summed E-state index contributed by atoms with van der Waals surface area (Å²) in [7, 11) is -2.06. The van der Waals surface area contributed by atoms with Crippen LogP contribution in [0.3, 0.4) is 0 Å². The van der Waals surface area contributed by atoms with Gasteiger partial charge in [-0.15, -0.1) is 11.8 Å². The fourth-order valence-corrected chi connectivity index (χ4v) is 14.5. The first-order valence-electron chi connectivity index (χ1n) is 18.6. The van der Waals surface area contributed by atoms with Crippen LogP contribution in [0.25, 0.3) is 0 Å². The quantitative estimate of drug-likeness (QED) is 0.121. The maximum atomic E-state index is 7.03. The van der Waals surface area contributed by atoms with Crippen molar-refractivity contribution < 1.29 is 18.6 Å². The molecule has 2 aliphatic heterocycles. The SMILES string of the molecule is CC(C)[Si](Oc1ccc([C@H]2Sc3cc(OCc4ccccc4)ccc3O[C@H]2c2ccc(OCCN3CCCCC3)cc2)cc1)(C(C)C)C(C)C. The normalized spacial score (nSPS) is 18.2. The smallest absolute Gasteiger partial charge is 0.258 e. The third kappa shape index (κ3) is 8.55. The Bertz CT molecular complexity index is 1620. The summed E-state index contributed by atoms with van der Waals surface area (Å²) >= 11 is 1.84. The fraction of sp³-hybridized carbons (Fsp3) is 0.442. The highest BCUT2D eigenvalue weighted by molar-refractivity contribution is 7.99. The van der Waals surface area contributed by atoms with Gasteiger partial charge < -0.3 is 18.6 Å². The van der Waals surface area contributed by atoms with Crippen LogP contribution in [-0.2, 0) is 6.61 Å². The van der Waals surface area contributed by atoms with Crippen LogP contribution in [-0.4, -0.2) is 39.5 Å². The van der Waals surface area contributed by atoms with Crippen molar-refractivity contribution >= 4 is 20.1 Å². The molecule has 50 heavy (non-hydrogen) atoms. The van der Waals surface area contributed by atoms with Crippen LogP contribution in [0.4, 0.5) is 0 Å². The Morgan fingerprint density at radius 3 is 1.98 bits per heavy atom. The zero-order valence-corrected chi connectivity index (χ0v) is 32.6. The number of rotatable bonds is 14. The third-order valence-electron chi connectivity index (χ3n) is 10.5. The van der Waals surface area contributed by atoms with Gasteiger partial charge in [-0.1, -0.05) is 103 Å². The lowest BCUT2D eigenvalue weighted by Gasteiger charge is -2.42. The molecule has 0 unspecified atom stereocenters. The van der Waals surface area contributed by atoms with E-state index >= 15 is 0 Å². The van der Waals surface area contributed by atoms with E-state index in [0.717, 1.165) is 45.6 Å². The first-order chi connectivity index (χ1) is 24.2. The van der Waals surface area contributed by atoms with Gasteiger partial charge in [-0.2, -0.15) is 0 Å². The molecule has 1 fully saturated rings. The van der Waals surface area contributed by atoms with Gasteiger partial charge in [-0.05, 0) is 102 Å². The minimum absolute atomic E-state index is 0.0362. The van der Waals surface area contributed by atoms with Gasteiger partial charge in [0.1, 0.15) is 42.3 Å². The largest absolute Gasteiger partial charge is 0.543 e. The molecule has 0 N–H and O–H groups in total. The number of thioether (sulfide) groups is 1. The minimum atomic E-state index is -2.06. The van der Waals surface area contributed by atoms with E-state index in [1.165, 1.54) is 37.9 Å². The number of fused-ring (bicyclic) bond motifs is 1. The van der Waals surface area contributed by atoms with Crippen molar-refractivity contribution in [2.45, 2.75) is 100 Å². The number of piperidine rings is 1. The number of hydrogen-bond acceptors (Lipinski definition) is 6. The van der Waals surface area contributed by atoms with Crippen LogP contribution in [0.2, 0.25) is 16.6 Å². The molecule has 2 atom stereocenters. The van der Waals surface area contributed by atoms with Crippen molar-refractivity contribution in [2.75, 3.05) is 26.2 Å². The fourth-order valence-electron chi connectivity index (χ4n) is 7.90. The number of ether oxygens (including phenoxy) is 3. The molecule has 5 nitrogen and oxygen atoms in total. The molecule has 2 heterocycles. The highest BCUT2D eigenvalue weighted by Crippen LogP contribution is 2.54. The van der Waals surface area contributed by atoms with Crippen LogP contribution in [0.5, 0.6) is 23.0 Å². The predicted molar refractivity (Wildman–Crippen MR) is 210 cm³/mol. The summed E-state index contributed by atoms with van der Waals surface area (Å²) in [5.41, 5.74) is 5.03. The van der Waals surface area contributed by atoms with Crippen molar-refractivity contribution in [1.82, 2.24) is 4.90 Å². The van der Waals surface area contributed by atoms with Crippen molar-refractivity contribution in [1.29, 1.82) is 0 Å². The monoisotopic (exact) mass is 709 g/mol. The standard InChI is InChI=1S/C43H55NO4SSi/c1-31(2)50(32(3)4,33(5)6)48-38-21-17-36(18-22-38)43-42(35-15-19-37(20-16-35)45-28-27-44-25-11-8-12-26-44)47-40-24-23-39(29-41(40)49-43)46-30-34-13-9-7-10-14-34/h7,9-10,13-24,29,31-33,42-43H,8,11-12,25-28,30H2,1-6H3/t42-,43+/m0/s1. The highest BCUT2D eigenvalue weighted by atomic mass is 32.2. The first-order valence-corrected chi connectivity index (χ1v) is 21.6. The second-order valence-corrected chi connectivity index (χ2v) is 21.3. The van der Waals surface area contributed by atoms with Crippen molar-refractivity contribution in [3.8, 4) is 23.0 Å². The van der Waals surface area contributed by atoms with E-state index in [2.05, 4.69) is 119 Å². The minimum Gasteiger partial charge on any atom is -0.543 e. The maximum absolute atomic E-state index is 7.03. The number of hydrogen-bond donors (Lipinski definition) is 0. The Labute approximate surface area is 305 Å². The van der Waals surface area contributed by atoms with E-state index in [4.69, 9.17) is 18.6 Å². The molecule has 7 heteroatoms. The van der Waals surface area contributed by atoms with Crippen LogP contribution in [0.1, 0.15) is 88.8 Å². The van der Waals surface area contributed by atoms with Gasteiger partial charge in [-0.25, -0.2) is 0 Å². The molecule has 1 saturated heterocycles. The van der Waals surface area contributed by atoms with E-state index in [9.17, 15) is 0 Å².